The Bertz CT molecular complexity index is 4310. The van der Waals surface area contributed by atoms with E-state index in [0.717, 1.165) is 134 Å². The molecule has 15 rings (SSSR count). The van der Waals surface area contributed by atoms with Crippen molar-refractivity contribution in [1.29, 1.82) is 0 Å². The minimum absolute atomic E-state index is 0.768. The lowest BCUT2D eigenvalue weighted by molar-refractivity contribution is 0.669. The number of hydrogen-bond donors (Lipinski definition) is 0. The van der Waals surface area contributed by atoms with E-state index in [9.17, 15) is 0 Å². The first kappa shape index (κ1) is 40.7. The average molecular weight is 937 g/mol. The lowest BCUT2D eigenvalue weighted by Crippen LogP contribution is -1.99. The van der Waals surface area contributed by atoms with Crippen molar-refractivity contribution in [3.8, 4) is 68.3 Å². The standard InChI is InChI=1S/C64H40N8O/c1-5-23-45(24-6-1)69-55-33-15-13-31-51(55)65-61(69)41-19-17-21-43(35-41)63-67-53-37-49-50-38-54-58(40-60(50)73-59(49)39-57(53)71(63)47-27-9-3-10-28-47)72(48-29-11-4-12-30-48)64(68-54)44-22-18-20-42(36-44)62-66-52-32-14-16-34-56(52)70(62)46-25-7-2-8-26-46/h1-40H. The zero-order valence-electron chi connectivity index (χ0n) is 39.1. The van der Waals surface area contributed by atoms with Crippen LogP contribution in [0.4, 0.5) is 0 Å². The van der Waals surface area contributed by atoms with Crippen LogP contribution in [0.2, 0.25) is 0 Å². The van der Waals surface area contributed by atoms with Crippen molar-refractivity contribution in [2.45, 2.75) is 0 Å². The Hall–Kier alpha value is -10.1. The van der Waals surface area contributed by atoms with Gasteiger partial charge >= 0.3 is 0 Å². The molecule has 342 valence electrons. The fraction of sp³-hybridized carbons (Fsp3) is 0. The molecule has 10 aromatic carbocycles. The molecule has 73 heavy (non-hydrogen) atoms. The SMILES string of the molecule is c1ccc(-n2c(-c3cccc(-c4nc5cc6c(cc5n4-c4ccccc4)oc4cc5c(cc46)nc(-c4cccc(-c6nc7ccccc7n6-c6ccccc6)c4)n5-c4ccccc4)c3)nc3ccccc32)cc1. The molecule has 0 aliphatic rings. The fourth-order valence-electron chi connectivity index (χ4n) is 10.7. The van der Waals surface area contributed by atoms with Crippen LogP contribution in [-0.2, 0) is 0 Å². The first-order chi connectivity index (χ1) is 36.2. The van der Waals surface area contributed by atoms with E-state index in [4.69, 9.17) is 24.4 Å². The summed E-state index contributed by atoms with van der Waals surface area (Å²) in [6.45, 7) is 0. The Balaban J connectivity index is 0.891. The highest BCUT2D eigenvalue weighted by Crippen LogP contribution is 2.41. The molecule has 0 aliphatic heterocycles. The number of nitrogens with zero attached hydrogens (tertiary/aromatic N) is 8. The first-order valence-electron chi connectivity index (χ1n) is 24.4. The third-order valence-corrected chi connectivity index (χ3v) is 14.0. The predicted molar refractivity (Wildman–Crippen MR) is 294 cm³/mol. The van der Waals surface area contributed by atoms with Crippen LogP contribution in [0.1, 0.15) is 0 Å². The van der Waals surface area contributed by atoms with Crippen LogP contribution in [0.25, 0.3) is 134 Å². The fourth-order valence-corrected chi connectivity index (χ4v) is 10.7. The number of rotatable bonds is 8. The number of furan rings is 1. The van der Waals surface area contributed by atoms with E-state index in [1.165, 1.54) is 0 Å². The van der Waals surface area contributed by atoms with Crippen LogP contribution in [0.5, 0.6) is 0 Å². The Morgan fingerprint density at radius 2 is 0.548 bits per heavy atom. The molecule has 9 nitrogen and oxygen atoms in total. The topological polar surface area (TPSA) is 84.4 Å². The van der Waals surface area contributed by atoms with E-state index in [1.807, 2.05) is 36.4 Å². The van der Waals surface area contributed by atoms with Gasteiger partial charge in [-0.2, -0.15) is 0 Å². The summed E-state index contributed by atoms with van der Waals surface area (Å²) in [6.07, 6.45) is 0. The summed E-state index contributed by atoms with van der Waals surface area (Å²) in [5.74, 6) is 3.36. The van der Waals surface area contributed by atoms with Crippen LogP contribution in [-0.4, -0.2) is 38.2 Å². The maximum Gasteiger partial charge on any atom is 0.145 e. The highest BCUT2D eigenvalue weighted by Gasteiger charge is 2.23. The van der Waals surface area contributed by atoms with Crippen molar-refractivity contribution in [1.82, 2.24) is 38.2 Å². The van der Waals surface area contributed by atoms with Crippen LogP contribution >= 0.6 is 0 Å². The van der Waals surface area contributed by atoms with Gasteiger partial charge in [-0.3, -0.25) is 18.3 Å². The molecule has 0 saturated carbocycles. The summed E-state index contributed by atoms with van der Waals surface area (Å²) < 4.78 is 15.8. The molecule has 0 bridgehead atoms. The van der Waals surface area contributed by atoms with Gasteiger partial charge in [0.15, 0.2) is 0 Å². The molecule has 0 fully saturated rings. The van der Waals surface area contributed by atoms with Gasteiger partial charge in [0.05, 0.1) is 44.1 Å². The molecule has 9 heteroatoms. The van der Waals surface area contributed by atoms with Gasteiger partial charge in [-0.25, -0.2) is 19.9 Å². The van der Waals surface area contributed by atoms with Gasteiger partial charge in [0, 0.05) is 67.9 Å². The number of hydrogen-bond acceptors (Lipinski definition) is 5. The zero-order chi connectivity index (χ0) is 48.0. The molecule has 0 spiro atoms. The maximum atomic E-state index is 6.90. The third-order valence-electron chi connectivity index (χ3n) is 14.0. The summed E-state index contributed by atoms with van der Waals surface area (Å²) in [5, 5.41) is 1.94. The second kappa shape index (κ2) is 16.2. The van der Waals surface area contributed by atoms with Crippen LogP contribution < -0.4 is 0 Å². The molecular formula is C64H40N8O. The monoisotopic (exact) mass is 936 g/mol. The van der Waals surface area contributed by atoms with E-state index in [-0.39, 0.29) is 0 Å². The lowest BCUT2D eigenvalue weighted by atomic mass is 10.1. The molecule has 0 N–H and O–H groups in total. The molecule has 5 heterocycles. The number of fused-ring (bicyclic) bond motifs is 7. The van der Waals surface area contributed by atoms with Gasteiger partial charge in [-0.1, -0.05) is 133 Å². The van der Waals surface area contributed by atoms with Crippen molar-refractivity contribution < 1.29 is 4.42 Å². The van der Waals surface area contributed by atoms with Gasteiger partial charge in [0.25, 0.3) is 0 Å². The minimum Gasteiger partial charge on any atom is -0.456 e. The molecule has 5 aromatic heterocycles. The minimum atomic E-state index is 0.768. The molecular weight excluding hydrogens is 897 g/mol. The van der Waals surface area contributed by atoms with Gasteiger partial charge in [-0.05, 0) is 97.1 Å². The number of imidazole rings is 4. The summed E-state index contributed by atoms with van der Waals surface area (Å²) in [5.41, 5.74) is 17.1. The molecule has 0 unspecified atom stereocenters. The molecule has 0 amide bonds. The summed E-state index contributed by atoms with van der Waals surface area (Å²) >= 11 is 0. The van der Waals surface area contributed by atoms with Crippen LogP contribution in [0, 0.1) is 0 Å². The highest BCUT2D eigenvalue weighted by atomic mass is 16.3. The van der Waals surface area contributed by atoms with Crippen molar-refractivity contribution in [2.24, 2.45) is 0 Å². The molecule has 0 radical (unpaired) electrons. The van der Waals surface area contributed by atoms with E-state index in [0.29, 0.717) is 0 Å². The van der Waals surface area contributed by atoms with Gasteiger partial charge < -0.3 is 4.42 Å². The Morgan fingerprint density at radius 1 is 0.247 bits per heavy atom. The van der Waals surface area contributed by atoms with Crippen molar-refractivity contribution >= 4 is 66.1 Å². The summed E-state index contributed by atoms with van der Waals surface area (Å²) in [6, 6.07) is 84.0. The zero-order valence-corrected chi connectivity index (χ0v) is 39.1. The van der Waals surface area contributed by atoms with Gasteiger partial charge in [0.1, 0.15) is 34.5 Å². The summed E-state index contributed by atoms with van der Waals surface area (Å²) in [4.78, 5) is 21.3. The molecule has 0 atom stereocenters. The largest absolute Gasteiger partial charge is 0.456 e. The van der Waals surface area contributed by atoms with Crippen molar-refractivity contribution in [2.75, 3.05) is 0 Å². The van der Waals surface area contributed by atoms with Crippen LogP contribution in [0.15, 0.2) is 247 Å². The third kappa shape index (κ3) is 6.56. The average Bonchev–Trinajstić information content (AvgIpc) is 4.29. The number of para-hydroxylation sites is 8. The molecule has 0 saturated heterocycles. The first-order valence-corrected chi connectivity index (χ1v) is 24.4. The number of benzene rings is 10. The quantitative estimate of drug-likeness (QED) is 0.152. The van der Waals surface area contributed by atoms with Crippen LogP contribution in [0.3, 0.4) is 0 Å². The summed E-state index contributed by atoms with van der Waals surface area (Å²) in [7, 11) is 0. The van der Waals surface area contributed by atoms with Gasteiger partial charge in [0.2, 0.25) is 0 Å². The lowest BCUT2D eigenvalue weighted by Gasteiger charge is -2.12. The maximum absolute atomic E-state index is 6.90. The Labute approximate surface area is 417 Å². The van der Waals surface area contributed by atoms with Crippen molar-refractivity contribution in [3.05, 3.63) is 243 Å². The van der Waals surface area contributed by atoms with Crippen molar-refractivity contribution in [3.63, 3.8) is 0 Å². The predicted octanol–water partition coefficient (Wildman–Crippen LogP) is 15.6. The van der Waals surface area contributed by atoms with Gasteiger partial charge in [-0.15, -0.1) is 0 Å². The second-order valence-electron chi connectivity index (χ2n) is 18.3. The highest BCUT2D eigenvalue weighted by molar-refractivity contribution is 6.13. The molecule has 0 aliphatic carbocycles. The van der Waals surface area contributed by atoms with E-state index < -0.39 is 0 Å². The Kier molecular flexibility index (Phi) is 9.06. The second-order valence-corrected chi connectivity index (χ2v) is 18.3. The Morgan fingerprint density at radius 3 is 0.904 bits per heavy atom. The normalized spacial score (nSPS) is 11.8. The van der Waals surface area contributed by atoms with E-state index >= 15 is 0 Å². The van der Waals surface area contributed by atoms with E-state index in [2.05, 4.69) is 225 Å². The van der Waals surface area contributed by atoms with E-state index in [1.54, 1.807) is 0 Å². The smallest absolute Gasteiger partial charge is 0.145 e. The molecule has 15 aromatic rings. The number of aromatic nitrogens is 8.